The van der Waals surface area contributed by atoms with E-state index in [0.29, 0.717) is 18.3 Å². The van der Waals surface area contributed by atoms with Crippen LogP contribution in [0, 0.1) is 22.7 Å². The van der Waals surface area contributed by atoms with Crippen molar-refractivity contribution in [3.05, 3.63) is 23.8 Å². The molecule has 0 aromatic heterocycles. The average Bonchev–Trinajstić information content (AvgIpc) is 2.52. The lowest BCUT2D eigenvalue weighted by Crippen LogP contribution is -2.52. The highest BCUT2D eigenvalue weighted by Crippen LogP contribution is 2.52. The molecule has 0 saturated heterocycles. The molecule has 0 aromatic carbocycles. The molecule has 5 atom stereocenters. The molecule has 0 amide bonds. The highest BCUT2D eigenvalue weighted by atomic mass is 32.1. The molecule has 2 N–H and O–H groups in total. The molecule has 24 heavy (non-hydrogen) atoms. The summed E-state index contributed by atoms with van der Waals surface area (Å²) in [6.07, 6.45) is 8.88. The summed E-state index contributed by atoms with van der Waals surface area (Å²) in [5, 5.41) is 0. The fourth-order valence-electron chi connectivity index (χ4n) is 4.09. The first-order valence-corrected chi connectivity index (χ1v) is 9.78. The van der Waals surface area contributed by atoms with Crippen molar-refractivity contribution in [1.82, 2.24) is 0 Å². The van der Waals surface area contributed by atoms with E-state index in [0.717, 1.165) is 18.6 Å². The third kappa shape index (κ3) is 3.45. The Hall–Kier alpha value is -0.740. The zero-order chi connectivity index (χ0) is 18.1. The van der Waals surface area contributed by atoms with Gasteiger partial charge in [0.25, 0.3) is 0 Å². The molecule has 4 heteroatoms. The maximum absolute atomic E-state index is 12.7. The van der Waals surface area contributed by atoms with Gasteiger partial charge in [-0.15, -0.1) is 0 Å². The molecule has 0 spiro atoms. The fraction of sp³-hybridized carbons (Fsp3) is 0.750. The van der Waals surface area contributed by atoms with Gasteiger partial charge in [0.1, 0.15) is 6.10 Å². The molecule has 2 rings (SSSR count). The number of nitrogens with two attached hydrogens (primary N) is 1. The number of esters is 1. The van der Waals surface area contributed by atoms with Crippen LogP contribution in [0.5, 0.6) is 0 Å². The smallest absolute Gasteiger partial charge is 0.311 e. The minimum Gasteiger partial charge on any atom is -0.461 e. The van der Waals surface area contributed by atoms with Crippen molar-refractivity contribution in [3.8, 4) is 0 Å². The van der Waals surface area contributed by atoms with Crippen molar-refractivity contribution < 1.29 is 9.53 Å². The number of carbonyl (C=O) groups is 1. The van der Waals surface area contributed by atoms with Crippen molar-refractivity contribution in [3.63, 3.8) is 0 Å². The number of hydrogen-bond donors (Lipinski definition) is 2. The van der Waals surface area contributed by atoms with Gasteiger partial charge in [0.15, 0.2) is 0 Å². The van der Waals surface area contributed by atoms with E-state index >= 15 is 0 Å². The Bertz CT molecular complexity index is 540. The molecule has 2 aliphatic carbocycles. The van der Waals surface area contributed by atoms with Crippen molar-refractivity contribution in [2.75, 3.05) is 5.75 Å². The lowest BCUT2D eigenvalue weighted by molar-refractivity contribution is -0.169. The number of fused-ring (bicyclic) bond motifs is 1. The van der Waals surface area contributed by atoms with Crippen molar-refractivity contribution in [2.45, 2.75) is 66.0 Å². The lowest BCUT2D eigenvalue weighted by atomic mass is 9.56. The van der Waals surface area contributed by atoms with Gasteiger partial charge in [-0.3, -0.25) is 4.79 Å². The van der Waals surface area contributed by atoms with Gasteiger partial charge in [0.05, 0.1) is 5.41 Å². The van der Waals surface area contributed by atoms with Crippen LogP contribution in [0.2, 0.25) is 0 Å². The van der Waals surface area contributed by atoms with Gasteiger partial charge in [-0.05, 0) is 49.9 Å². The van der Waals surface area contributed by atoms with E-state index in [1.54, 1.807) is 0 Å². The van der Waals surface area contributed by atoms with Crippen LogP contribution in [-0.4, -0.2) is 23.9 Å². The fourth-order valence-corrected chi connectivity index (χ4v) is 4.36. The number of carbonyl (C=O) groups excluding carboxylic acids is 1. The number of thiol groups is 1. The quantitative estimate of drug-likeness (QED) is 0.578. The molecule has 0 heterocycles. The highest BCUT2D eigenvalue weighted by molar-refractivity contribution is 7.80. The molecule has 0 radical (unpaired) electrons. The molecule has 0 saturated carbocycles. The van der Waals surface area contributed by atoms with Crippen LogP contribution < -0.4 is 5.73 Å². The summed E-state index contributed by atoms with van der Waals surface area (Å²) in [5.41, 5.74) is 6.82. The molecule has 2 aliphatic rings. The summed E-state index contributed by atoms with van der Waals surface area (Å²) in [7, 11) is 0. The summed E-state index contributed by atoms with van der Waals surface area (Å²) in [5.74, 6) is 1.56. The molecule has 0 fully saturated rings. The maximum atomic E-state index is 12.7. The zero-order valence-electron chi connectivity index (χ0n) is 15.7. The standard InChI is InChI=1S/C20H33NO2S/c1-6-19(3,4)18(22)23-17-12-15(21)11-14-8-7-13(2)16(9-10-24)20(14,17)5/h7-8,11,13,15-17,24H,6,9-10,12,21H2,1-5H3/t13-,15-,16-,17-,20-/m0/s1. The van der Waals surface area contributed by atoms with Gasteiger partial charge in [-0.1, -0.05) is 39.0 Å². The Morgan fingerprint density at radius 2 is 2.17 bits per heavy atom. The predicted octanol–water partition coefficient (Wildman–Crippen LogP) is 4.14. The van der Waals surface area contributed by atoms with Crippen LogP contribution in [0.25, 0.3) is 0 Å². The zero-order valence-corrected chi connectivity index (χ0v) is 16.6. The summed E-state index contributed by atoms with van der Waals surface area (Å²) in [4.78, 5) is 12.7. The topological polar surface area (TPSA) is 52.3 Å². The predicted molar refractivity (Wildman–Crippen MR) is 103 cm³/mol. The van der Waals surface area contributed by atoms with Gasteiger partial charge in [0, 0.05) is 17.9 Å². The second kappa shape index (κ2) is 7.25. The van der Waals surface area contributed by atoms with E-state index in [-0.39, 0.29) is 23.5 Å². The van der Waals surface area contributed by atoms with Gasteiger partial charge < -0.3 is 10.5 Å². The largest absolute Gasteiger partial charge is 0.461 e. The summed E-state index contributed by atoms with van der Waals surface area (Å²) in [6.45, 7) is 10.4. The van der Waals surface area contributed by atoms with Gasteiger partial charge >= 0.3 is 5.97 Å². The van der Waals surface area contributed by atoms with E-state index in [2.05, 4.69) is 44.7 Å². The molecule has 0 aliphatic heterocycles. The molecule has 0 aromatic rings. The number of hydrogen-bond acceptors (Lipinski definition) is 4. The van der Waals surface area contributed by atoms with E-state index in [4.69, 9.17) is 10.5 Å². The van der Waals surface area contributed by atoms with Crippen molar-refractivity contribution in [1.29, 1.82) is 0 Å². The molecule has 0 bridgehead atoms. The number of allylic oxidation sites excluding steroid dienone is 2. The van der Waals surface area contributed by atoms with E-state index < -0.39 is 5.41 Å². The Kier molecular flexibility index (Phi) is 5.91. The first-order valence-electron chi connectivity index (χ1n) is 9.14. The van der Waals surface area contributed by atoms with E-state index in [9.17, 15) is 4.79 Å². The lowest BCUT2D eigenvalue weighted by Gasteiger charge is -2.51. The summed E-state index contributed by atoms with van der Waals surface area (Å²) >= 11 is 4.47. The van der Waals surface area contributed by atoms with Gasteiger partial charge in [-0.2, -0.15) is 12.6 Å². The minimum atomic E-state index is -0.461. The monoisotopic (exact) mass is 351 g/mol. The van der Waals surface area contributed by atoms with Crippen LogP contribution >= 0.6 is 12.6 Å². The van der Waals surface area contributed by atoms with Gasteiger partial charge in [0.2, 0.25) is 0 Å². The summed E-state index contributed by atoms with van der Waals surface area (Å²) < 4.78 is 6.10. The van der Waals surface area contributed by atoms with Gasteiger partial charge in [-0.25, -0.2) is 0 Å². The minimum absolute atomic E-state index is 0.0645. The molecule has 0 unspecified atom stereocenters. The first kappa shape index (κ1) is 19.6. The third-order valence-electron chi connectivity index (χ3n) is 6.28. The van der Waals surface area contributed by atoms with Crippen LogP contribution in [0.15, 0.2) is 23.8 Å². The van der Waals surface area contributed by atoms with Crippen LogP contribution in [-0.2, 0) is 9.53 Å². The maximum Gasteiger partial charge on any atom is 0.311 e. The first-order chi connectivity index (χ1) is 11.2. The Morgan fingerprint density at radius 1 is 1.50 bits per heavy atom. The van der Waals surface area contributed by atoms with E-state index in [1.165, 1.54) is 5.57 Å². The Balaban J connectivity index is 2.39. The Labute approximate surface area is 152 Å². The number of ether oxygens (including phenoxy) is 1. The normalized spacial score (nSPS) is 36.0. The summed E-state index contributed by atoms with van der Waals surface area (Å²) in [6, 6.07) is -0.0645. The number of rotatable bonds is 5. The second-order valence-corrected chi connectivity index (χ2v) is 8.72. The van der Waals surface area contributed by atoms with E-state index in [1.807, 2.05) is 20.8 Å². The average molecular weight is 352 g/mol. The van der Waals surface area contributed by atoms with Crippen molar-refractivity contribution >= 4 is 18.6 Å². The molecular formula is C20H33NO2S. The SMILES string of the molecule is CCC(C)(C)C(=O)O[C@H]1C[C@@H](N)C=C2C=C[C@H](C)[C@H](CCS)[C@]21C. The highest BCUT2D eigenvalue weighted by Gasteiger charge is 2.51. The Morgan fingerprint density at radius 3 is 2.75 bits per heavy atom. The van der Waals surface area contributed by atoms with Crippen molar-refractivity contribution in [2.24, 2.45) is 28.4 Å². The van der Waals surface area contributed by atoms with Crippen LogP contribution in [0.1, 0.15) is 53.9 Å². The second-order valence-electron chi connectivity index (χ2n) is 8.27. The third-order valence-corrected chi connectivity index (χ3v) is 6.54. The molecule has 136 valence electrons. The molecular weight excluding hydrogens is 318 g/mol. The molecule has 3 nitrogen and oxygen atoms in total. The van der Waals surface area contributed by atoms with Crippen LogP contribution in [0.3, 0.4) is 0 Å². The van der Waals surface area contributed by atoms with Crippen LogP contribution in [0.4, 0.5) is 0 Å².